The van der Waals surface area contributed by atoms with Gasteiger partial charge in [-0.25, -0.2) is 0 Å². The van der Waals surface area contributed by atoms with E-state index in [-0.39, 0.29) is 5.54 Å². The summed E-state index contributed by atoms with van der Waals surface area (Å²) in [6, 6.07) is 0. The fraction of sp³-hybridized carbons (Fsp3) is 1.00. The van der Waals surface area contributed by atoms with Gasteiger partial charge in [0.25, 0.3) is 0 Å². The van der Waals surface area contributed by atoms with Gasteiger partial charge in [-0.15, -0.1) is 0 Å². The topological polar surface area (TPSA) is 21.3 Å². The third kappa shape index (κ3) is 8.02. The van der Waals surface area contributed by atoms with E-state index >= 15 is 0 Å². The van der Waals surface area contributed by atoms with Gasteiger partial charge in [0.05, 0.1) is 12.2 Å². The van der Waals surface area contributed by atoms with E-state index in [1.807, 2.05) is 0 Å². The average Bonchev–Trinajstić information content (AvgIpc) is 1.80. The van der Waals surface area contributed by atoms with Crippen LogP contribution < -0.4 is 5.32 Å². The van der Waals surface area contributed by atoms with E-state index in [0.29, 0.717) is 12.2 Å². The third-order valence-electron chi connectivity index (χ3n) is 1.42. The molecule has 1 N–H and O–H groups in total. The summed E-state index contributed by atoms with van der Waals surface area (Å²) in [6.45, 7) is 13.6. The minimum Gasteiger partial charge on any atom is -0.375 e. The molecule has 2 nitrogen and oxygen atoms in total. The highest BCUT2D eigenvalue weighted by Crippen LogP contribution is 2.01. The normalized spacial score (nSPS) is 15.2. The molecule has 0 aliphatic heterocycles. The molecular formula is C10H23NO. The fourth-order valence-electron chi connectivity index (χ4n) is 0.963. The zero-order valence-electron chi connectivity index (χ0n) is 9.27. The molecule has 1 unspecified atom stereocenters. The first-order chi connectivity index (χ1) is 5.31. The lowest BCUT2D eigenvalue weighted by molar-refractivity contribution is 0.0165. The monoisotopic (exact) mass is 173 g/mol. The van der Waals surface area contributed by atoms with Crippen LogP contribution in [0.3, 0.4) is 0 Å². The Morgan fingerprint density at radius 2 is 1.67 bits per heavy atom. The molecule has 2 heteroatoms. The Kier molecular flexibility index (Phi) is 4.80. The van der Waals surface area contributed by atoms with Crippen molar-refractivity contribution in [2.45, 2.75) is 59.3 Å². The molecule has 1 atom stereocenters. The first-order valence-corrected chi connectivity index (χ1v) is 4.72. The first kappa shape index (κ1) is 11.9. The van der Waals surface area contributed by atoms with Crippen molar-refractivity contribution < 1.29 is 4.74 Å². The molecular weight excluding hydrogens is 150 g/mol. The highest BCUT2D eigenvalue weighted by Gasteiger charge is 2.11. The lowest BCUT2D eigenvalue weighted by atomic mass is 10.1. The van der Waals surface area contributed by atoms with Crippen molar-refractivity contribution in [1.29, 1.82) is 0 Å². The Bertz CT molecular complexity index is 115. The lowest BCUT2D eigenvalue weighted by Crippen LogP contribution is -2.41. The standard InChI is InChI=1S/C10H23NO/c1-8(2)12-9(3)7-11-10(4,5)6/h8-9,11H,7H2,1-6H3. The molecule has 0 aliphatic carbocycles. The van der Waals surface area contributed by atoms with Crippen molar-refractivity contribution in [1.82, 2.24) is 5.32 Å². The van der Waals surface area contributed by atoms with Crippen LogP contribution in [0.2, 0.25) is 0 Å². The maximum atomic E-state index is 5.58. The number of hydrogen-bond acceptors (Lipinski definition) is 2. The SMILES string of the molecule is CC(C)OC(C)CNC(C)(C)C. The average molecular weight is 173 g/mol. The van der Waals surface area contributed by atoms with Crippen molar-refractivity contribution >= 4 is 0 Å². The second-order valence-corrected chi connectivity index (χ2v) is 4.63. The second-order valence-electron chi connectivity index (χ2n) is 4.63. The van der Waals surface area contributed by atoms with Gasteiger partial charge < -0.3 is 10.1 Å². The molecule has 0 amide bonds. The van der Waals surface area contributed by atoms with Crippen LogP contribution in [0.1, 0.15) is 41.5 Å². The van der Waals surface area contributed by atoms with Crippen molar-refractivity contribution in [2.75, 3.05) is 6.54 Å². The molecule has 0 fully saturated rings. The van der Waals surface area contributed by atoms with Crippen LogP contribution >= 0.6 is 0 Å². The first-order valence-electron chi connectivity index (χ1n) is 4.72. The molecule has 74 valence electrons. The van der Waals surface area contributed by atoms with Crippen molar-refractivity contribution in [3.8, 4) is 0 Å². The summed E-state index contributed by atoms with van der Waals surface area (Å²) in [5.74, 6) is 0. The zero-order chi connectivity index (χ0) is 9.78. The van der Waals surface area contributed by atoms with E-state index in [4.69, 9.17) is 4.74 Å². The molecule has 0 saturated carbocycles. The van der Waals surface area contributed by atoms with Crippen LogP contribution in [0.15, 0.2) is 0 Å². The molecule has 0 aliphatic rings. The Morgan fingerprint density at radius 1 is 1.17 bits per heavy atom. The Morgan fingerprint density at radius 3 is 2.00 bits per heavy atom. The van der Waals surface area contributed by atoms with Gasteiger partial charge in [0, 0.05) is 12.1 Å². The van der Waals surface area contributed by atoms with Gasteiger partial charge in [-0.3, -0.25) is 0 Å². The zero-order valence-corrected chi connectivity index (χ0v) is 9.27. The predicted molar refractivity (Wildman–Crippen MR) is 53.4 cm³/mol. The molecule has 0 radical (unpaired) electrons. The smallest absolute Gasteiger partial charge is 0.0675 e. The lowest BCUT2D eigenvalue weighted by Gasteiger charge is -2.24. The summed E-state index contributed by atoms with van der Waals surface area (Å²) in [5, 5.41) is 3.40. The minimum atomic E-state index is 0.189. The van der Waals surface area contributed by atoms with E-state index in [1.54, 1.807) is 0 Å². The molecule has 0 spiro atoms. The fourth-order valence-corrected chi connectivity index (χ4v) is 0.963. The second kappa shape index (κ2) is 4.83. The summed E-state index contributed by atoms with van der Waals surface area (Å²) in [7, 11) is 0. The Labute approximate surface area is 76.7 Å². The van der Waals surface area contributed by atoms with Gasteiger partial charge in [0.2, 0.25) is 0 Å². The van der Waals surface area contributed by atoms with Crippen molar-refractivity contribution in [3.05, 3.63) is 0 Å². The van der Waals surface area contributed by atoms with Gasteiger partial charge >= 0.3 is 0 Å². The molecule has 0 rings (SSSR count). The van der Waals surface area contributed by atoms with Gasteiger partial charge in [0.15, 0.2) is 0 Å². The Balaban J connectivity index is 3.51. The molecule has 12 heavy (non-hydrogen) atoms. The van der Waals surface area contributed by atoms with Crippen LogP contribution in [-0.2, 0) is 4.74 Å². The number of hydrogen-bond donors (Lipinski definition) is 1. The van der Waals surface area contributed by atoms with Crippen LogP contribution in [0.25, 0.3) is 0 Å². The van der Waals surface area contributed by atoms with Crippen LogP contribution in [0, 0.1) is 0 Å². The van der Waals surface area contributed by atoms with Crippen LogP contribution in [0.4, 0.5) is 0 Å². The minimum absolute atomic E-state index is 0.189. The highest BCUT2D eigenvalue weighted by molar-refractivity contribution is 4.71. The molecule has 0 bridgehead atoms. The Hall–Kier alpha value is -0.0800. The largest absolute Gasteiger partial charge is 0.375 e. The maximum Gasteiger partial charge on any atom is 0.0675 e. The summed E-state index contributed by atoms with van der Waals surface area (Å²) in [4.78, 5) is 0. The summed E-state index contributed by atoms with van der Waals surface area (Å²) >= 11 is 0. The predicted octanol–water partition coefficient (Wildman–Crippen LogP) is 2.19. The number of ether oxygens (including phenoxy) is 1. The molecule has 0 saturated heterocycles. The molecule has 0 heterocycles. The molecule has 0 aromatic carbocycles. The number of rotatable bonds is 4. The van der Waals surface area contributed by atoms with Crippen LogP contribution in [0.5, 0.6) is 0 Å². The van der Waals surface area contributed by atoms with Gasteiger partial charge in [0.1, 0.15) is 0 Å². The van der Waals surface area contributed by atoms with Crippen LogP contribution in [-0.4, -0.2) is 24.3 Å². The molecule has 0 aromatic rings. The highest BCUT2D eigenvalue weighted by atomic mass is 16.5. The summed E-state index contributed by atoms with van der Waals surface area (Å²) < 4.78 is 5.58. The van der Waals surface area contributed by atoms with E-state index in [9.17, 15) is 0 Å². The quantitative estimate of drug-likeness (QED) is 0.703. The van der Waals surface area contributed by atoms with E-state index in [1.165, 1.54) is 0 Å². The van der Waals surface area contributed by atoms with Gasteiger partial charge in [-0.05, 0) is 41.5 Å². The van der Waals surface area contributed by atoms with Crippen molar-refractivity contribution in [2.24, 2.45) is 0 Å². The van der Waals surface area contributed by atoms with E-state index in [0.717, 1.165) is 6.54 Å². The maximum absolute atomic E-state index is 5.58. The van der Waals surface area contributed by atoms with Crippen molar-refractivity contribution in [3.63, 3.8) is 0 Å². The van der Waals surface area contributed by atoms with E-state index in [2.05, 4.69) is 46.9 Å². The van der Waals surface area contributed by atoms with Gasteiger partial charge in [-0.1, -0.05) is 0 Å². The number of nitrogens with one attached hydrogen (secondary N) is 1. The third-order valence-corrected chi connectivity index (χ3v) is 1.42. The molecule has 0 aromatic heterocycles. The summed E-state index contributed by atoms with van der Waals surface area (Å²) in [6.07, 6.45) is 0.617. The van der Waals surface area contributed by atoms with Gasteiger partial charge in [-0.2, -0.15) is 0 Å². The van der Waals surface area contributed by atoms with E-state index < -0.39 is 0 Å². The summed E-state index contributed by atoms with van der Waals surface area (Å²) in [5.41, 5.74) is 0.189.